The van der Waals surface area contributed by atoms with E-state index in [0.717, 1.165) is 30.6 Å². The summed E-state index contributed by atoms with van der Waals surface area (Å²) in [6.45, 7) is 8.63. The van der Waals surface area contributed by atoms with Gasteiger partial charge in [0.15, 0.2) is 0 Å². The van der Waals surface area contributed by atoms with Gasteiger partial charge in [-0.25, -0.2) is 4.98 Å². The van der Waals surface area contributed by atoms with E-state index in [4.69, 9.17) is 0 Å². The summed E-state index contributed by atoms with van der Waals surface area (Å²) in [7, 11) is 2.20. The van der Waals surface area contributed by atoms with Crippen molar-refractivity contribution < 1.29 is 0 Å². The van der Waals surface area contributed by atoms with E-state index >= 15 is 0 Å². The van der Waals surface area contributed by atoms with Crippen molar-refractivity contribution in [3.05, 3.63) is 11.9 Å². The number of hydrogen-bond donors (Lipinski definition) is 1. The van der Waals surface area contributed by atoms with Gasteiger partial charge in [-0.05, 0) is 39.8 Å². The highest BCUT2D eigenvalue weighted by molar-refractivity contribution is 5.28. The van der Waals surface area contributed by atoms with Crippen LogP contribution < -0.4 is 5.32 Å². The van der Waals surface area contributed by atoms with Crippen LogP contribution in [0, 0.1) is 12.8 Å². The highest BCUT2D eigenvalue weighted by Crippen LogP contribution is 2.19. The number of rotatable bonds is 4. The summed E-state index contributed by atoms with van der Waals surface area (Å²) in [6, 6.07) is 0. The molecule has 0 amide bonds. The second-order valence-corrected chi connectivity index (χ2v) is 4.81. The maximum atomic E-state index is 4.50. The lowest BCUT2D eigenvalue weighted by atomic mass is 10.1. The lowest BCUT2D eigenvalue weighted by Gasteiger charge is -2.13. The molecule has 1 unspecified atom stereocenters. The molecule has 1 aromatic rings. The second kappa shape index (κ2) is 4.87. The molecule has 90 valence electrons. The Morgan fingerprint density at radius 3 is 3.00 bits per heavy atom. The fourth-order valence-electron chi connectivity index (χ4n) is 2.44. The molecule has 0 bridgehead atoms. The molecule has 2 rings (SSSR count). The molecule has 1 aromatic heterocycles. The predicted octanol–water partition coefficient (Wildman–Crippen LogP) is 1.58. The summed E-state index contributed by atoms with van der Waals surface area (Å²) >= 11 is 0. The Balaban J connectivity index is 2.02. The summed E-state index contributed by atoms with van der Waals surface area (Å²) in [5.74, 6) is 1.80. The number of nitrogens with zero attached hydrogens (tertiary/aromatic N) is 3. The Kier molecular flexibility index (Phi) is 3.49. The van der Waals surface area contributed by atoms with Crippen LogP contribution in [0.25, 0.3) is 0 Å². The van der Waals surface area contributed by atoms with Gasteiger partial charge in [-0.3, -0.25) is 0 Å². The largest absolute Gasteiger partial charge is 0.356 e. The van der Waals surface area contributed by atoms with E-state index in [2.05, 4.69) is 46.9 Å². The Labute approximate surface area is 97.7 Å². The Bertz CT molecular complexity index is 345. The first-order valence-corrected chi connectivity index (χ1v) is 6.15. The lowest BCUT2D eigenvalue weighted by molar-refractivity contribution is 0.378. The molecule has 1 saturated heterocycles. The maximum Gasteiger partial charge on any atom is 0.203 e. The number of nitrogens with one attached hydrogen (secondary N) is 1. The van der Waals surface area contributed by atoms with Gasteiger partial charge in [-0.15, -0.1) is 0 Å². The van der Waals surface area contributed by atoms with Crippen LogP contribution in [0.15, 0.2) is 6.20 Å². The van der Waals surface area contributed by atoms with Gasteiger partial charge in [0, 0.05) is 25.8 Å². The van der Waals surface area contributed by atoms with Gasteiger partial charge in [-0.2, -0.15) is 0 Å². The first-order valence-electron chi connectivity index (χ1n) is 6.15. The fourth-order valence-corrected chi connectivity index (χ4v) is 2.44. The van der Waals surface area contributed by atoms with Crippen molar-refractivity contribution in [1.29, 1.82) is 0 Å². The number of imidazole rings is 1. The molecule has 16 heavy (non-hydrogen) atoms. The van der Waals surface area contributed by atoms with Gasteiger partial charge >= 0.3 is 0 Å². The third-order valence-electron chi connectivity index (χ3n) is 3.18. The van der Waals surface area contributed by atoms with Crippen LogP contribution in [0.5, 0.6) is 0 Å². The molecule has 1 N–H and O–H groups in total. The van der Waals surface area contributed by atoms with Gasteiger partial charge < -0.3 is 14.8 Å². The molecular formula is C12H22N4. The highest BCUT2D eigenvalue weighted by Gasteiger charge is 2.20. The molecule has 0 saturated carbocycles. The highest BCUT2D eigenvalue weighted by atomic mass is 15.2. The summed E-state index contributed by atoms with van der Waals surface area (Å²) in [5, 5.41) is 3.32. The van der Waals surface area contributed by atoms with Gasteiger partial charge in [-0.1, -0.05) is 0 Å². The monoisotopic (exact) mass is 222 g/mol. The molecule has 2 heterocycles. The molecule has 0 radical (unpaired) electrons. The van der Waals surface area contributed by atoms with Gasteiger partial charge in [0.1, 0.15) is 0 Å². The first-order chi connectivity index (χ1) is 7.69. The first kappa shape index (κ1) is 11.5. The van der Waals surface area contributed by atoms with E-state index in [9.17, 15) is 0 Å². The molecule has 1 aliphatic rings. The smallest absolute Gasteiger partial charge is 0.203 e. The number of aryl methyl sites for hydroxylation is 1. The number of likely N-dealkylation sites (tertiary alicyclic amines) is 1. The number of anilines is 1. The van der Waals surface area contributed by atoms with Crippen molar-refractivity contribution >= 4 is 5.95 Å². The van der Waals surface area contributed by atoms with Crippen molar-refractivity contribution in [3.63, 3.8) is 0 Å². The minimum atomic E-state index is 0.774. The van der Waals surface area contributed by atoms with E-state index in [1.165, 1.54) is 19.5 Å². The molecule has 4 heteroatoms. The quantitative estimate of drug-likeness (QED) is 0.839. The van der Waals surface area contributed by atoms with Crippen LogP contribution in [-0.4, -0.2) is 41.1 Å². The molecule has 0 aromatic carbocycles. The van der Waals surface area contributed by atoms with E-state index < -0.39 is 0 Å². The van der Waals surface area contributed by atoms with E-state index in [1.54, 1.807) is 0 Å². The van der Waals surface area contributed by atoms with Crippen LogP contribution in [-0.2, 0) is 6.54 Å². The molecule has 1 fully saturated rings. The summed E-state index contributed by atoms with van der Waals surface area (Å²) in [5.41, 5.74) is 1.10. The van der Waals surface area contributed by atoms with E-state index in [-0.39, 0.29) is 0 Å². The molecule has 4 nitrogen and oxygen atoms in total. The SMILES string of the molecule is CCNc1nc(C)cn1CC1CCN(C)C1. The van der Waals surface area contributed by atoms with Crippen molar-refractivity contribution in [1.82, 2.24) is 14.5 Å². The van der Waals surface area contributed by atoms with Gasteiger partial charge in [0.25, 0.3) is 0 Å². The van der Waals surface area contributed by atoms with Crippen molar-refractivity contribution in [2.24, 2.45) is 5.92 Å². The summed E-state index contributed by atoms with van der Waals surface area (Å²) in [6.07, 6.45) is 3.45. The summed E-state index contributed by atoms with van der Waals surface area (Å²) < 4.78 is 2.27. The Morgan fingerprint density at radius 1 is 1.56 bits per heavy atom. The average molecular weight is 222 g/mol. The third-order valence-corrected chi connectivity index (χ3v) is 3.18. The van der Waals surface area contributed by atoms with Crippen LogP contribution in [0.2, 0.25) is 0 Å². The van der Waals surface area contributed by atoms with Crippen LogP contribution in [0.4, 0.5) is 5.95 Å². The zero-order valence-corrected chi connectivity index (χ0v) is 10.5. The third kappa shape index (κ3) is 2.55. The Hall–Kier alpha value is -1.03. The molecule has 1 aliphatic heterocycles. The molecular weight excluding hydrogens is 200 g/mol. The Morgan fingerprint density at radius 2 is 2.38 bits per heavy atom. The fraction of sp³-hybridized carbons (Fsp3) is 0.750. The topological polar surface area (TPSA) is 33.1 Å². The van der Waals surface area contributed by atoms with Gasteiger partial charge in [0.2, 0.25) is 5.95 Å². The van der Waals surface area contributed by atoms with Crippen molar-refractivity contribution in [3.8, 4) is 0 Å². The van der Waals surface area contributed by atoms with Crippen LogP contribution in [0.3, 0.4) is 0 Å². The van der Waals surface area contributed by atoms with Crippen molar-refractivity contribution in [2.75, 3.05) is 32.0 Å². The van der Waals surface area contributed by atoms with E-state index in [1.807, 2.05) is 0 Å². The molecule has 1 atom stereocenters. The van der Waals surface area contributed by atoms with E-state index in [0.29, 0.717) is 0 Å². The zero-order valence-electron chi connectivity index (χ0n) is 10.5. The standard InChI is InChI=1S/C12H22N4/c1-4-13-12-14-10(2)7-16(12)9-11-5-6-15(3)8-11/h7,11H,4-6,8-9H2,1-3H3,(H,13,14). The zero-order chi connectivity index (χ0) is 11.5. The molecule has 0 aliphatic carbocycles. The minimum Gasteiger partial charge on any atom is -0.356 e. The lowest BCUT2D eigenvalue weighted by Crippen LogP contribution is -2.18. The molecule has 0 spiro atoms. The summed E-state index contributed by atoms with van der Waals surface area (Å²) in [4.78, 5) is 6.90. The number of aromatic nitrogens is 2. The normalized spacial score (nSPS) is 21.6. The van der Waals surface area contributed by atoms with Crippen LogP contribution >= 0.6 is 0 Å². The van der Waals surface area contributed by atoms with Gasteiger partial charge in [0.05, 0.1) is 5.69 Å². The minimum absolute atomic E-state index is 0.774. The van der Waals surface area contributed by atoms with Crippen LogP contribution in [0.1, 0.15) is 19.0 Å². The van der Waals surface area contributed by atoms with Crippen molar-refractivity contribution in [2.45, 2.75) is 26.8 Å². The second-order valence-electron chi connectivity index (χ2n) is 4.81. The number of hydrogen-bond acceptors (Lipinski definition) is 3. The predicted molar refractivity (Wildman–Crippen MR) is 66.7 cm³/mol. The average Bonchev–Trinajstić information content (AvgIpc) is 2.76. The maximum absolute atomic E-state index is 4.50.